The van der Waals surface area contributed by atoms with E-state index in [0.717, 1.165) is 19.6 Å². The summed E-state index contributed by atoms with van der Waals surface area (Å²) in [6.45, 7) is 8.32. The van der Waals surface area contributed by atoms with Crippen LogP contribution in [-0.4, -0.2) is 73.1 Å². The molecule has 0 saturated carbocycles. The molecule has 0 aliphatic heterocycles. The highest BCUT2D eigenvalue weighted by Gasteiger charge is 2.22. The normalized spacial score (nSPS) is 13.1. The summed E-state index contributed by atoms with van der Waals surface area (Å²) in [6.07, 6.45) is 0. The molecule has 0 fully saturated rings. The largest absolute Gasteiger partial charge is 0.480 e. The smallest absolute Gasteiger partial charge is 0.327 e. The van der Waals surface area contributed by atoms with Gasteiger partial charge in [-0.3, -0.25) is 9.69 Å². The fraction of sp³-hybridized carbons (Fsp3) is 0.846. The molecule has 1 unspecified atom stereocenters. The van der Waals surface area contributed by atoms with Crippen molar-refractivity contribution in [1.29, 1.82) is 0 Å². The van der Waals surface area contributed by atoms with Crippen molar-refractivity contribution in [2.24, 2.45) is 5.92 Å². The highest BCUT2D eigenvalue weighted by Crippen LogP contribution is 2.01. The van der Waals surface area contributed by atoms with E-state index in [4.69, 9.17) is 5.11 Å². The highest BCUT2D eigenvalue weighted by atomic mass is 16.4. The average molecular weight is 273 g/mol. The topological polar surface area (TPSA) is 72.9 Å². The molecule has 19 heavy (non-hydrogen) atoms. The zero-order valence-electron chi connectivity index (χ0n) is 12.6. The molecule has 0 saturated heterocycles. The van der Waals surface area contributed by atoms with Crippen molar-refractivity contribution < 1.29 is 14.7 Å². The molecule has 1 atom stereocenters. The van der Waals surface area contributed by atoms with Crippen LogP contribution in [0.25, 0.3) is 0 Å². The number of rotatable bonds is 9. The van der Waals surface area contributed by atoms with Crippen molar-refractivity contribution >= 4 is 11.9 Å². The summed E-state index contributed by atoms with van der Waals surface area (Å²) in [6, 6.07) is -0.849. The molecule has 0 aliphatic carbocycles. The number of hydrogen-bond acceptors (Lipinski definition) is 4. The first-order chi connectivity index (χ1) is 8.72. The summed E-state index contributed by atoms with van der Waals surface area (Å²) in [5.74, 6) is -0.854. The van der Waals surface area contributed by atoms with E-state index in [9.17, 15) is 9.59 Å². The number of likely N-dealkylation sites (N-methyl/N-ethyl adjacent to an activating group) is 1. The number of carboxylic acid groups (broad SMARTS) is 1. The first kappa shape index (κ1) is 17.9. The molecule has 6 heteroatoms. The Bertz CT molecular complexity index is 293. The number of nitrogens with zero attached hydrogens (tertiary/aromatic N) is 2. The standard InChI is InChI=1S/C13H27N3O3/c1-10(2)8-16(7-6-15(4)5)9-12(13(18)19)14-11(3)17/h10,12H,6-9H2,1-5H3,(H,14,17)(H,18,19). The second kappa shape index (κ2) is 8.87. The molecule has 0 heterocycles. The number of aliphatic carboxylic acids is 1. The summed E-state index contributed by atoms with van der Waals surface area (Å²) in [5.41, 5.74) is 0. The maximum Gasteiger partial charge on any atom is 0.327 e. The van der Waals surface area contributed by atoms with E-state index in [1.54, 1.807) is 0 Å². The molecule has 6 nitrogen and oxygen atoms in total. The average Bonchev–Trinajstić information content (AvgIpc) is 2.23. The maximum absolute atomic E-state index is 11.1. The Hall–Kier alpha value is -1.14. The van der Waals surface area contributed by atoms with Crippen molar-refractivity contribution in [2.45, 2.75) is 26.8 Å². The molecule has 0 aromatic carbocycles. The summed E-state index contributed by atoms with van der Waals surface area (Å²) in [4.78, 5) is 26.3. The van der Waals surface area contributed by atoms with Crippen molar-refractivity contribution in [3.63, 3.8) is 0 Å². The van der Waals surface area contributed by atoms with Gasteiger partial charge in [0.1, 0.15) is 6.04 Å². The summed E-state index contributed by atoms with van der Waals surface area (Å²) in [5, 5.41) is 11.6. The van der Waals surface area contributed by atoms with Gasteiger partial charge in [0.05, 0.1) is 0 Å². The lowest BCUT2D eigenvalue weighted by Crippen LogP contribution is -2.49. The Morgan fingerprint density at radius 1 is 1.16 bits per heavy atom. The van der Waals surface area contributed by atoms with E-state index in [1.807, 2.05) is 14.1 Å². The van der Waals surface area contributed by atoms with Gasteiger partial charge in [0.2, 0.25) is 5.91 Å². The zero-order valence-corrected chi connectivity index (χ0v) is 12.6. The van der Waals surface area contributed by atoms with E-state index in [1.165, 1.54) is 6.92 Å². The molecule has 0 aromatic rings. The Morgan fingerprint density at radius 3 is 2.11 bits per heavy atom. The summed E-state index contributed by atoms with van der Waals surface area (Å²) >= 11 is 0. The third-order valence-electron chi connectivity index (χ3n) is 2.60. The third-order valence-corrected chi connectivity index (χ3v) is 2.60. The number of hydrogen-bond donors (Lipinski definition) is 2. The van der Waals surface area contributed by atoms with E-state index in [2.05, 4.69) is 29.0 Å². The quantitative estimate of drug-likeness (QED) is 0.623. The molecule has 2 N–H and O–H groups in total. The molecule has 0 bridgehead atoms. The lowest BCUT2D eigenvalue weighted by Gasteiger charge is -2.28. The first-order valence-corrected chi connectivity index (χ1v) is 6.59. The van der Waals surface area contributed by atoms with Gasteiger partial charge in [0.25, 0.3) is 0 Å². The van der Waals surface area contributed by atoms with Crippen LogP contribution in [0.2, 0.25) is 0 Å². The molecular formula is C13H27N3O3. The molecule has 0 rings (SSSR count). The first-order valence-electron chi connectivity index (χ1n) is 6.59. The second-order valence-corrected chi connectivity index (χ2v) is 5.55. The van der Waals surface area contributed by atoms with Crippen LogP contribution >= 0.6 is 0 Å². The molecule has 112 valence electrons. The van der Waals surface area contributed by atoms with Crippen LogP contribution in [-0.2, 0) is 9.59 Å². The van der Waals surface area contributed by atoms with Gasteiger partial charge in [-0.25, -0.2) is 4.79 Å². The van der Waals surface area contributed by atoms with Gasteiger partial charge in [-0.2, -0.15) is 0 Å². The van der Waals surface area contributed by atoms with Crippen LogP contribution in [0.5, 0.6) is 0 Å². The fourth-order valence-corrected chi connectivity index (χ4v) is 1.80. The number of carboxylic acids is 1. The van der Waals surface area contributed by atoms with E-state index in [-0.39, 0.29) is 5.91 Å². The van der Waals surface area contributed by atoms with Gasteiger partial charge in [-0.05, 0) is 20.0 Å². The fourth-order valence-electron chi connectivity index (χ4n) is 1.80. The Labute approximate surface area is 115 Å². The molecule has 0 aromatic heterocycles. The van der Waals surface area contributed by atoms with Crippen molar-refractivity contribution in [2.75, 3.05) is 40.3 Å². The van der Waals surface area contributed by atoms with Crippen LogP contribution in [0.4, 0.5) is 0 Å². The monoisotopic (exact) mass is 273 g/mol. The Balaban J connectivity index is 4.54. The predicted molar refractivity (Wildman–Crippen MR) is 75.1 cm³/mol. The minimum Gasteiger partial charge on any atom is -0.480 e. The number of carbonyl (C=O) groups excluding carboxylic acids is 1. The lowest BCUT2D eigenvalue weighted by molar-refractivity contribution is -0.142. The lowest BCUT2D eigenvalue weighted by atomic mass is 10.2. The number of amides is 1. The SMILES string of the molecule is CC(=O)NC(CN(CCN(C)C)CC(C)C)C(=O)O. The van der Waals surface area contributed by atoms with Crippen LogP contribution < -0.4 is 5.32 Å². The van der Waals surface area contributed by atoms with Gasteiger partial charge in [0, 0.05) is 33.1 Å². The van der Waals surface area contributed by atoms with Gasteiger partial charge in [0.15, 0.2) is 0 Å². The Kier molecular flexibility index (Phi) is 8.34. The van der Waals surface area contributed by atoms with E-state index >= 15 is 0 Å². The van der Waals surface area contributed by atoms with Crippen LogP contribution in [0.1, 0.15) is 20.8 Å². The maximum atomic E-state index is 11.1. The van der Waals surface area contributed by atoms with E-state index < -0.39 is 12.0 Å². The van der Waals surface area contributed by atoms with Crippen molar-refractivity contribution in [1.82, 2.24) is 15.1 Å². The van der Waals surface area contributed by atoms with Crippen molar-refractivity contribution in [3.8, 4) is 0 Å². The summed E-state index contributed by atoms with van der Waals surface area (Å²) in [7, 11) is 3.96. The highest BCUT2D eigenvalue weighted by molar-refractivity contribution is 5.82. The molecule has 0 radical (unpaired) electrons. The second-order valence-electron chi connectivity index (χ2n) is 5.55. The number of carbonyl (C=O) groups is 2. The molecular weight excluding hydrogens is 246 g/mol. The van der Waals surface area contributed by atoms with Crippen LogP contribution in [0, 0.1) is 5.92 Å². The van der Waals surface area contributed by atoms with Gasteiger partial charge in [-0.15, -0.1) is 0 Å². The molecule has 1 amide bonds. The zero-order chi connectivity index (χ0) is 15.0. The van der Waals surface area contributed by atoms with Gasteiger partial charge < -0.3 is 15.3 Å². The summed E-state index contributed by atoms with van der Waals surface area (Å²) < 4.78 is 0. The van der Waals surface area contributed by atoms with E-state index in [0.29, 0.717) is 12.5 Å². The minimum atomic E-state index is -0.992. The van der Waals surface area contributed by atoms with Crippen molar-refractivity contribution in [3.05, 3.63) is 0 Å². The van der Waals surface area contributed by atoms with Crippen LogP contribution in [0.3, 0.4) is 0 Å². The van der Waals surface area contributed by atoms with Gasteiger partial charge >= 0.3 is 5.97 Å². The number of nitrogens with one attached hydrogen (secondary N) is 1. The van der Waals surface area contributed by atoms with Crippen LogP contribution in [0.15, 0.2) is 0 Å². The molecule has 0 spiro atoms. The molecule has 0 aliphatic rings. The third kappa shape index (κ3) is 9.44. The van der Waals surface area contributed by atoms with Gasteiger partial charge in [-0.1, -0.05) is 13.8 Å². The minimum absolute atomic E-state index is 0.315. The Morgan fingerprint density at radius 2 is 1.74 bits per heavy atom. The predicted octanol–water partition coefficient (Wildman–Crippen LogP) is 0.0953.